The molecule has 0 aliphatic carbocycles. The second-order valence-corrected chi connectivity index (χ2v) is 8.81. The van der Waals surface area contributed by atoms with E-state index in [1.807, 2.05) is 23.7 Å². The van der Waals surface area contributed by atoms with E-state index < -0.39 is 0 Å². The molecule has 2 N–H and O–H groups in total. The molecular formula is C22H30N6O3. The number of aliphatic hydroxyl groups is 1. The van der Waals surface area contributed by atoms with Crippen molar-refractivity contribution in [1.82, 2.24) is 19.4 Å². The van der Waals surface area contributed by atoms with Gasteiger partial charge in [0.1, 0.15) is 5.82 Å². The molecule has 0 aromatic carbocycles. The zero-order valence-corrected chi connectivity index (χ0v) is 17.9. The molecule has 166 valence electrons. The summed E-state index contributed by atoms with van der Waals surface area (Å²) in [6, 6.07) is 5.99. The van der Waals surface area contributed by atoms with Gasteiger partial charge >= 0.3 is 0 Å². The van der Waals surface area contributed by atoms with Gasteiger partial charge in [0.2, 0.25) is 5.95 Å². The fourth-order valence-corrected chi connectivity index (χ4v) is 5.19. The fourth-order valence-electron chi connectivity index (χ4n) is 5.19. The number of hydrogen-bond acceptors (Lipinski definition) is 8. The second kappa shape index (κ2) is 8.57. The first kappa shape index (κ1) is 20.4. The van der Waals surface area contributed by atoms with Crippen molar-refractivity contribution in [3.05, 3.63) is 46.0 Å². The maximum absolute atomic E-state index is 13.3. The van der Waals surface area contributed by atoms with Crippen molar-refractivity contribution in [2.24, 2.45) is 5.92 Å². The van der Waals surface area contributed by atoms with Crippen LogP contribution in [0.3, 0.4) is 0 Å². The van der Waals surface area contributed by atoms with Gasteiger partial charge in [0.15, 0.2) is 0 Å². The predicted molar refractivity (Wildman–Crippen MR) is 117 cm³/mol. The van der Waals surface area contributed by atoms with Gasteiger partial charge in [-0.2, -0.15) is 4.98 Å². The van der Waals surface area contributed by atoms with Crippen molar-refractivity contribution in [2.45, 2.75) is 31.5 Å². The number of rotatable bonds is 5. The first-order valence-electron chi connectivity index (χ1n) is 11.1. The average Bonchev–Trinajstić information content (AvgIpc) is 2.81. The molecule has 2 aromatic heterocycles. The van der Waals surface area contributed by atoms with Gasteiger partial charge in [-0.05, 0) is 24.5 Å². The highest BCUT2D eigenvalue weighted by Crippen LogP contribution is 2.36. The molecule has 5 rings (SSSR count). The van der Waals surface area contributed by atoms with Gasteiger partial charge in [-0.3, -0.25) is 9.69 Å². The van der Waals surface area contributed by atoms with Gasteiger partial charge < -0.3 is 24.6 Å². The van der Waals surface area contributed by atoms with Gasteiger partial charge in [0.25, 0.3) is 5.56 Å². The van der Waals surface area contributed by atoms with Gasteiger partial charge in [0, 0.05) is 69.7 Å². The number of piperidine rings is 1. The Hall–Kier alpha value is -2.49. The number of ether oxygens (including phenoxy) is 1. The molecule has 0 radical (unpaired) electrons. The van der Waals surface area contributed by atoms with Crippen LogP contribution < -0.4 is 15.8 Å². The molecule has 0 unspecified atom stereocenters. The van der Waals surface area contributed by atoms with Crippen LogP contribution in [0, 0.1) is 5.92 Å². The smallest absolute Gasteiger partial charge is 0.255 e. The number of morpholine rings is 1. The van der Waals surface area contributed by atoms with Gasteiger partial charge in [-0.1, -0.05) is 6.07 Å². The SMILES string of the molecule is CNc1ccnc(N2C[C@@H]3C[C@H](C2)c2ccc(CN4CCO[C@H](CO)C4)c(=O)n2C3)n1. The second-order valence-electron chi connectivity index (χ2n) is 8.81. The maximum Gasteiger partial charge on any atom is 0.255 e. The lowest BCUT2D eigenvalue weighted by molar-refractivity contribution is -0.0552. The number of fused-ring (bicyclic) bond motifs is 4. The van der Waals surface area contributed by atoms with Gasteiger partial charge in [-0.15, -0.1) is 0 Å². The minimum absolute atomic E-state index is 0.0144. The summed E-state index contributed by atoms with van der Waals surface area (Å²) in [5, 5.41) is 12.5. The molecule has 0 amide bonds. The first-order chi connectivity index (χ1) is 15.1. The highest BCUT2D eigenvalue weighted by molar-refractivity contribution is 5.42. The lowest BCUT2D eigenvalue weighted by Gasteiger charge is -2.43. The van der Waals surface area contributed by atoms with E-state index in [1.165, 1.54) is 0 Å². The van der Waals surface area contributed by atoms with E-state index in [0.717, 1.165) is 55.6 Å². The Morgan fingerprint density at radius 2 is 2.13 bits per heavy atom. The monoisotopic (exact) mass is 426 g/mol. The molecule has 2 saturated heterocycles. The zero-order chi connectivity index (χ0) is 21.4. The first-order valence-corrected chi connectivity index (χ1v) is 11.1. The molecular weight excluding hydrogens is 396 g/mol. The van der Waals surface area contributed by atoms with E-state index in [-0.39, 0.29) is 18.3 Å². The van der Waals surface area contributed by atoms with E-state index in [1.54, 1.807) is 6.20 Å². The van der Waals surface area contributed by atoms with Crippen LogP contribution in [-0.4, -0.2) is 77.1 Å². The topological polar surface area (TPSA) is 95.8 Å². The number of aliphatic hydroxyl groups excluding tert-OH is 1. The number of hydrogen-bond donors (Lipinski definition) is 2. The Balaban J connectivity index is 1.36. The van der Waals surface area contributed by atoms with Crippen molar-refractivity contribution >= 4 is 11.8 Å². The highest BCUT2D eigenvalue weighted by Gasteiger charge is 2.36. The molecule has 0 saturated carbocycles. The van der Waals surface area contributed by atoms with E-state index in [4.69, 9.17) is 4.74 Å². The lowest BCUT2D eigenvalue weighted by atomic mass is 9.83. The Morgan fingerprint density at radius 1 is 1.23 bits per heavy atom. The van der Waals surface area contributed by atoms with Crippen molar-refractivity contribution < 1.29 is 9.84 Å². The molecule has 2 fully saturated rings. The Kier molecular flexibility index (Phi) is 5.64. The average molecular weight is 427 g/mol. The predicted octanol–water partition coefficient (Wildman–Crippen LogP) is 0.497. The van der Waals surface area contributed by atoms with Crippen molar-refractivity contribution in [3.63, 3.8) is 0 Å². The van der Waals surface area contributed by atoms with E-state index in [9.17, 15) is 9.90 Å². The summed E-state index contributed by atoms with van der Waals surface area (Å²) < 4.78 is 7.53. The van der Waals surface area contributed by atoms with Crippen molar-refractivity contribution in [3.8, 4) is 0 Å². The summed E-state index contributed by atoms with van der Waals surface area (Å²) in [5.41, 5.74) is 2.07. The molecule has 9 heteroatoms. The molecule has 3 aliphatic rings. The van der Waals surface area contributed by atoms with E-state index >= 15 is 0 Å². The summed E-state index contributed by atoms with van der Waals surface area (Å²) in [7, 11) is 1.86. The standard InChI is InChI=1S/C22H30N6O3/c1-23-20-4-5-24-22(25-20)27-9-15-8-17(12-27)19-3-2-16(21(30)28(19)10-15)11-26-6-7-31-18(13-26)14-29/h2-5,15,17-18,29H,6-14H2,1H3,(H,23,24,25)/t15-,17+,18-/m0/s1. The summed E-state index contributed by atoms with van der Waals surface area (Å²) in [6.45, 7) is 5.07. The highest BCUT2D eigenvalue weighted by atomic mass is 16.5. The molecule has 3 atom stereocenters. The van der Waals surface area contributed by atoms with Crippen LogP contribution in [0.2, 0.25) is 0 Å². The summed E-state index contributed by atoms with van der Waals surface area (Å²) >= 11 is 0. The summed E-state index contributed by atoms with van der Waals surface area (Å²) in [5.74, 6) is 2.27. The van der Waals surface area contributed by atoms with E-state index in [2.05, 4.69) is 31.2 Å². The van der Waals surface area contributed by atoms with Crippen LogP contribution >= 0.6 is 0 Å². The normalized spacial score (nSPS) is 25.9. The van der Waals surface area contributed by atoms with Crippen LogP contribution in [0.1, 0.15) is 23.6 Å². The number of nitrogens with zero attached hydrogens (tertiary/aromatic N) is 5. The number of nitrogens with one attached hydrogen (secondary N) is 1. The van der Waals surface area contributed by atoms with Gasteiger partial charge in [0.05, 0.1) is 19.3 Å². The van der Waals surface area contributed by atoms with Crippen LogP contribution in [0.4, 0.5) is 11.8 Å². The molecule has 9 nitrogen and oxygen atoms in total. The molecule has 0 spiro atoms. The largest absolute Gasteiger partial charge is 0.394 e. The minimum Gasteiger partial charge on any atom is -0.394 e. The van der Waals surface area contributed by atoms with Crippen LogP contribution in [0.15, 0.2) is 29.2 Å². The molecule has 2 aromatic rings. The Labute approximate surface area is 181 Å². The van der Waals surface area contributed by atoms with Crippen molar-refractivity contribution in [2.75, 3.05) is 56.7 Å². The van der Waals surface area contributed by atoms with Gasteiger partial charge in [-0.25, -0.2) is 4.98 Å². The molecule has 31 heavy (non-hydrogen) atoms. The lowest BCUT2D eigenvalue weighted by Crippen LogP contribution is -2.49. The third kappa shape index (κ3) is 4.05. The third-order valence-corrected chi connectivity index (χ3v) is 6.69. The third-order valence-electron chi connectivity index (χ3n) is 6.69. The molecule has 5 heterocycles. The van der Waals surface area contributed by atoms with Crippen LogP contribution in [0.5, 0.6) is 0 Å². The Morgan fingerprint density at radius 3 is 2.97 bits per heavy atom. The number of pyridine rings is 1. The van der Waals surface area contributed by atoms with Crippen LogP contribution in [-0.2, 0) is 17.8 Å². The summed E-state index contributed by atoms with van der Waals surface area (Å²) in [4.78, 5) is 26.9. The fraction of sp³-hybridized carbons (Fsp3) is 0.591. The van der Waals surface area contributed by atoms with Crippen LogP contribution in [0.25, 0.3) is 0 Å². The maximum atomic E-state index is 13.3. The quantitative estimate of drug-likeness (QED) is 0.714. The zero-order valence-electron chi connectivity index (χ0n) is 17.9. The Bertz CT molecular complexity index is 995. The summed E-state index contributed by atoms with van der Waals surface area (Å²) in [6.07, 6.45) is 2.72. The molecule has 3 aliphatic heterocycles. The minimum atomic E-state index is -0.164. The number of aromatic nitrogens is 3. The van der Waals surface area contributed by atoms with Crippen molar-refractivity contribution in [1.29, 1.82) is 0 Å². The number of anilines is 2. The van der Waals surface area contributed by atoms with E-state index in [0.29, 0.717) is 31.5 Å². The molecule has 2 bridgehead atoms.